The topological polar surface area (TPSA) is 3.24 Å². The van der Waals surface area contributed by atoms with Crippen LogP contribution in [0, 0.1) is 0 Å². The minimum Gasteiger partial charge on any atom is -0.311 e. The number of anilines is 3. The molecule has 54 heavy (non-hydrogen) atoms. The Morgan fingerprint density at radius 3 is 1.50 bits per heavy atom. The van der Waals surface area contributed by atoms with E-state index in [1.807, 2.05) is 0 Å². The molecule has 1 spiro atoms. The normalized spacial score (nSPS) is 15.1. The van der Waals surface area contributed by atoms with Crippen LogP contribution in [0.5, 0.6) is 0 Å². The van der Waals surface area contributed by atoms with Crippen molar-refractivity contribution in [1.29, 1.82) is 0 Å². The third-order valence-electron chi connectivity index (χ3n) is 12.2. The zero-order chi connectivity index (χ0) is 35.4. The molecule has 0 N–H and O–H groups in total. The predicted octanol–water partition coefficient (Wildman–Crippen LogP) is 14.0. The lowest BCUT2D eigenvalue weighted by Crippen LogP contribution is -2.23. The second-order valence-corrected chi connectivity index (χ2v) is 14.8. The van der Waals surface area contributed by atoms with Crippen LogP contribution in [0.4, 0.5) is 17.1 Å². The van der Waals surface area contributed by atoms with Crippen molar-refractivity contribution in [3.63, 3.8) is 0 Å². The van der Waals surface area contributed by atoms with Crippen molar-refractivity contribution in [3.05, 3.63) is 222 Å². The summed E-state index contributed by atoms with van der Waals surface area (Å²) in [6.45, 7) is 0. The molecule has 0 aliphatic heterocycles. The first-order chi connectivity index (χ1) is 26.8. The van der Waals surface area contributed by atoms with Gasteiger partial charge < -0.3 is 4.90 Å². The summed E-state index contributed by atoms with van der Waals surface area (Å²) in [5, 5.41) is 2.53. The van der Waals surface area contributed by atoms with E-state index >= 15 is 0 Å². The Labute approximate surface area is 315 Å². The average Bonchev–Trinajstić information content (AvgIpc) is 3.84. The minimum absolute atomic E-state index is 0.276. The third kappa shape index (κ3) is 3.88. The molecule has 3 aliphatic carbocycles. The first-order valence-electron chi connectivity index (χ1n) is 18.8. The molecule has 0 amide bonds. The number of benzene rings is 9. The maximum Gasteiger partial charge on any atom is 0.0737 e. The summed E-state index contributed by atoms with van der Waals surface area (Å²) in [6, 6.07) is 74.1. The SMILES string of the molecule is c1ccc(N(c2ccc(-c3ccc4c(c3)C35c6ccccc6-c6cccc(c63)-c3cccc-4c35)cc2)c2ccc(-c3cccc4ccccc34)cc2)cc1. The van der Waals surface area contributed by atoms with Crippen LogP contribution in [0.1, 0.15) is 22.3 Å². The van der Waals surface area contributed by atoms with Gasteiger partial charge in [-0.25, -0.2) is 0 Å². The highest BCUT2D eigenvalue weighted by atomic mass is 15.1. The summed E-state index contributed by atoms with van der Waals surface area (Å²) < 4.78 is 0. The quantitative estimate of drug-likeness (QED) is 0.175. The monoisotopic (exact) mass is 683 g/mol. The Bertz CT molecular complexity index is 2930. The van der Waals surface area contributed by atoms with Gasteiger partial charge in [0, 0.05) is 17.1 Å². The molecule has 12 rings (SSSR count). The van der Waals surface area contributed by atoms with Crippen LogP contribution < -0.4 is 4.90 Å². The Morgan fingerprint density at radius 1 is 0.296 bits per heavy atom. The number of hydrogen-bond donors (Lipinski definition) is 0. The first-order valence-corrected chi connectivity index (χ1v) is 18.8. The molecule has 1 atom stereocenters. The molecule has 1 nitrogen and oxygen atoms in total. The largest absolute Gasteiger partial charge is 0.311 e. The Balaban J connectivity index is 0.957. The molecule has 250 valence electrons. The molecule has 0 radical (unpaired) electrons. The van der Waals surface area contributed by atoms with Crippen molar-refractivity contribution < 1.29 is 0 Å². The van der Waals surface area contributed by atoms with E-state index in [4.69, 9.17) is 0 Å². The Kier molecular flexibility index (Phi) is 6.04. The minimum atomic E-state index is -0.276. The molecule has 0 saturated carbocycles. The summed E-state index contributed by atoms with van der Waals surface area (Å²) in [5.41, 5.74) is 22.0. The van der Waals surface area contributed by atoms with Crippen LogP contribution in [-0.4, -0.2) is 0 Å². The van der Waals surface area contributed by atoms with Crippen molar-refractivity contribution in [3.8, 4) is 55.6 Å². The maximum absolute atomic E-state index is 2.49. The fourth-order valence-electron chi connectivity index (χ4n) is 10.0. The molecule has 9 aromatic rings. The zero-order valence-electron chi connectivity index (χ0n) is 29.5. The van der Waals surface area contributed by atoms with Crippen molar-refractivity contribution in [1.82, 2.24) is 0 Å². The van der Waals surface area contributed by atoms with E-state index < -0.39 is 0 Å². The predicted molar refractivity (Wildman–Crippen MR) is 225 cm³/mol. The highest BCUT2D eigenvalue weighted by Crippen LogP contribution is 2.70. The molecular formula is C53H33N. The molecule has 9 aromatic carbocycles. The number of hydrogen-bond acceptors (Lipinski definition) is 1. The summed E-state index contributed by atoms with van der Waals surface area (Å²) in [4.78, 5) is 2.35. The zero-order valence-corrected chi connectivity index (χ0v) is 29.5. The van der Waals surface area contributed by atoms with Gasteiger partial charge in [0.05, 0.1) is 5.41 Å². The highest BCUT2D eigenvalue weighted by Gasteiger charge is 2.57. The van der Waals surface area contributed by atoms with Crippen molar-refractivity contribution in [2.24, 2.45) is 0 Å². The summed E-state index contributed by atoms with van der Waals surface area (Å²) in [7, 11) is 0. The van der Waals surface area contributed by atoms with Crippen LogP contribution >= 0.6 is 0 Å². The van der Waals surface area contributed by atoms with E-state index in [-0.39, 0.29) is 5.41 Å². The van der Waals surface area contributed by atoms with Crippen molar-refractivity contribution >= 4 is 27.8 Å². The molecule has 0 aromatic heterocycles. The van der Waals surface area contributed by atoms with Gasteiger partial charge in [-0.1, -0.05) is 158 Å². The van der Waals surface area contributed by atoms with Gasteiger partial charge in [0.15, 0.2) is 0 Å². The van der Waals surface area contributed by atoms with Crippen LogP contribution in [-0.2, 0) is 5.41 Å². The van der Waals surface area contributed by atoms with E-state index in [0.29, 0.717) is 0 Å². The number of para-hydroxylation sites is 1. The molecule has 1 heteroatoms. The van der Waals surface area contributed by atoms with Gasteiger partial charge in [0.25, 0.3) is 0 Å². The Hall–Kier alpha value is -6.96. The molecule has 0 fully saturated rings. The second kappa shape index (κ2) is 11.0. The third-order valence-corrected chi connectivity index (χ3v) is 12.2. The van der Waals surface area contributed by atoms with E-state index in [0.717, 1.165) is 17.1 Å². The lowest BCUT2D eigenvalue weighted by Gasteiger charge is -2.28. The van der Waals surface area contributed by atoms with Crippen molar-refractivity contribution in [2.45, 2.75) is 5.41 Å². The van der Waals surface area contributed by atoms with Crippen LogP contribution in [0.3, 0.4) is 0 Å². The van der Waals surface area contributed by atoms with Gasteiger partial charge >= 0.3 is 0 Å². The van der Waals surface area contributed by atoms with Gasteiger partial charge in [0.2, 0.25) is 0 Å². The highest BCUT2D eigenvalue weighted by molar-refractivity contribution is 6.06. The van der Waals surface area contributed by atoms with Crippen molar-refractivity contribution in [2.75, 3.05) is 4.90 Å². The first kappa shape index (κ1) is 29.6. The van der Waals surface area contributed by atoms with Crippen LogP contribution in [0.2, 0.25) is 0 Å². The van der Waals surface area contributed by atoms with Crippen LogP contribution in [0.15, 0.2) is 200 Å². The molecular weight excluding hydrogens is 651 g/mol. The molecule has 0 bridgehead atoms. The van der Waals surface area contributed by atoms with Gasteiger partial charge in [0.1, 0.15) is 0 Å². The maximum atomic E-state index is 2.49. The number of nitrogens with zero attached hydrogens (tertiary/aromatic N) is 1. The van der Waals surface area contributed by atoms with E-state index in [1.165, 1.54) is 88.7 Å². The smallest absolute Gasteiger partial charge is 0.0737 e. The average molecular weight is 684 g/mol. The summed E-state index contributed by atoms with van der Waals surface area (Å²) >= 11 is 0. The number of rotatable bonds is 5. The summed E-state index contributed by atoms with van der Waals surface area (Å²) in [6.07, 6.45) is 0. The lowest BCUT2D eigenvalue weighted by atomic mass is 9.73. The fraction of sp³-hybridized carbons (Fsp3) is 0.0189. The number of fused-ring (bicyclic) bond motifs is 6. The van der Waals surface area contributed by atoms with E-state index in [2.05, 4.69) is 205 Å². The van der Waals surface area contributed by atoms with Gasteiger partial charge in [-0.15, -0.1) is 0 Å². The van der Waals surface area contributed by atoms with E-state index in [9.17, 15) is 0 Å². The fourth-order valence-corrected chi connectivity index (χ4v) is 10.0. The molecule has 0 saturated heterocycles. The van der Waals surface area contributed by atoms with Gasteiger partial charge in [-0.3, -0.25) is 0 Å². The second-order valence-electron chi connectivity index (χ2n) is 14.8. The van der Waals surface area contributed by atoms with Gasteiger partial charge in [-0.2, -0.15) is 0 Å². The molecule has 1 unspecified atom stereocenters. The molecule has 0 heterocycles. The van der Waals surface area contributed by atoms with E-state index in [1.54, 1.807) is 0 Å². The van der Waals surface area contributed by atoms with Crippen LogP contribution in [0.25, 0.3) is 66.4 Å². The summed E-state index contributed by atoms with van der Waals surface area (Å²) in [5.74, 6) is 0. The standard InChI is InChI=1S/C53H33N/c1-2-13-38(14-3-1)54(40-30-25-36(26-31-40)42-17-8-12-35-11-4-5-15-41(35)42)39-28-23-34(24-29-39)37-27-32-44-46-19-10-21-48-47-20-9-18-45-43-16-6-7-22-49(43)53(51(45)47,52(46)48)50(44)33-37/h1-33H. The lowest BCUT2D eigenvalue weighted by molar-refractivity contribution is 0.818. The molecule has 3 aliphatic rings. The Morgan fingerprint density at radius 2 is 0.778 bits per heavy atom. The van der Waals surface area contributed by atoms with Gasteiger partial charge in [-0.05, 0) is 131 Å².